The predicted molar refractivity (Wildman–Crippen MR) is 125 cm³/mol. The monoisotopic (exact) mass is 464 g/mol. The van der Waals surface area contributed by atoms with Crippen molar-refractivity contribution in [1.29, 1.82) is 0 Å². The quantitative estimate of drug-likeness (QED) is 0.507. The molecule has 34 heavy (non-hydrogen) atoms. The van der Waals surface area contributed by atoms with E-state index < -0.39 is 0 Å². The van der Waals surface area contributed by atoms with Crippen LogP contribution in [0.3, 0.4) is 0 Å². The SMILES string of the molecule is Cc1ccc(-c2noc(CCC(=O)N3CCN(C(=O)CCCc4ccccc4)CC3)n2)cc1F. The molecule has 7 nitrogen and oxygen atoms in total. The number of rotatable bonds is 8. The minimum atomic E-state index is -0.326. The van der Waals surface area contributed by atoms with E-state index in [9.17, 15) is 14.0 Å². The van der Waals surface area contributed by atoms with Gasteiger partial charge >= 0.3 is 0 Å². The van der Waals surface area contributed by atoms with Gasteiger partial charge in [-0.05, 0) is 37.0 Å². The highest BCUT2D eigenvalue weighted by molar-refractivity contribution is 5.78. The summed E-state index contributed by atoms with van der Waals surface area (Å²) in [5, 5.41) is 3.90. The van der Waals surface area contributed by atoms with E-state index in [1.165, 1.54) is 11.6 Å². The standard InChI is InChI=1S/C26H29FN4O3/c1-19-10-11-21(18-22(19)27)26-28-23(34-29-26)12-13-25(33)31-16-14-30(15-17-31)24(32)9-5-8-20-6-3-2-4-7-20/h2-4,6-7,10-11,18H,5,8-9,12-17H2,1H3. The molecule has 1 fully saturated rings. The molecule has 1 aromatic heterocycles. The Labute approximate surface area is 198 Å². The lowest BCUT2D eigenvalue weighted by atomic mass is 10.1. The van der Waals surface area contributed by atoms with E-state index in [0.717, 1.165) is 12.8 Å². The number of aryl methyl sites for hydroxylation is 3. The average Bonchev–Trinajstić information content (AvgIpc) is 3.34. The number of hydrogen-bond donors (Lipinski definition) is 0. The molecule has 0 aliphatic carbocycles. The molecule has 0 atom stereocenters. The molecular formula is C26H29FN4O3. The van der Waals surface area contributed by atoms with Crippen LogP contribution in [-0.2, 0) is 22.4 Å². The molecule has 2 aromatic carbocycles. The maximum atomic E-state index is 13.8. The molecule has 3 aromatic rings. The van der Waals surface area contributed by atoms with Crippen LogP contribution in [0.25, 0.3) is 11.4 Å². The average molecular weight is 465 g/mol. The first kappa shape index (κ1) is 23.6. The molecule has 1 saturated heterocycles. The Morgan fingerprint density at radius 1 is 0.941 bits per heavy atom. The number of carbonyl (C=O) groups is 2. The van der Waals surface area contributed by atoms with Crippen molar-refractivity contribution >= 4 is 11.8 Å². The largest absolute Gasteiger partial charge is 0.339 e. The summed E-state index contributed by atoms with van der Waals surface area (Å²) in [5.74, 6) is 0.469. The Kier molecular flexibility index (Phi) is 7.67. The van der Waals surface area contributed by atoms with Gasteiger partial charge in [-0.3, -0.25) is 9.59 Å². The summed E-state index contributed by atoms with van der Waals surface area (Å²) in [4.78, 5) is 33.0. The van der Waals surface area contributed by atoms with Crippen LogP contribution >= 0.6 is 0 Å². The van der Waals surface area contributed by atoms with Crippen LogP contribution in [0.4, 0.5) is 4.39 Å². The third-order valence-corrected chi connectivity index (χ3v) is 6.13. The fourth-order valence-corrected chi connectivity index (χ4v) is 4.03. The van der Waals surface area contributed by atoms with Gasteiger partial charge in [0, 0.05) is 51.0 Å². The van der Waals surface area contributed by atoms with Crippen LogP contribution < -0.4 is 0 Å². The summed E-state index contributed by atoms with van der Waals surface area (Å²) in [5.41, 5.74) is 2.33. The van der Waals surface area contributed by atoms with Gasteiger partial charge in [0.2, 0.25) is 23.5 Å². The number of aromatic nitrogens is 2. The number of halogens is 1. The molecule has 0 radical (unpaired) electrons. The van der Waals surface area contributed by atoms with Gasteiger partial charge in [0.15, 0.2) is 0 Å². The van der Waals surface area contributed by atoms with E-state index in [2.05, 4.69) is 22.3 Å². The third kappa shape index (κ3) is 6.07. The van der Waals surface area contributed by atoms with Gasteiger partial charge < -0.3 is 14.3 Å². The van der Waals surface area contributed by atoms with E-state index in [1.807, 2.05) is 23.1 Å². The van der Waals surface area contributed by atoms with Crippen molar-refractivity contribution in [3.63, 3.8) is 0 Å². The molecule has 4 rings (SSSR count). The smallest absolute Gasteiger partial charge is 0.227 e. The minimum Gasteiger partial charge on any atom is -0.339 e. The third-order valence-electron chi connectivity index (χ3n) is 6.13. The van der Waals surface area contributed by atoms with Crippen LogP contribution in [0.1, 0.15) is 36.3 Å². The topological polar surface area (TPSA) is 79.5 Å². The highest BCUT2D eigenvalue weighted by atomic mass is 19.1. The minimum absolute atomic E-state index is 0.00249. The van der Waals surface area contributed by atoms with Crippen LogP contribution in [-0.4, -0.2) is 57.9 Å². The molecule has 0 saturated carbocycles. The van der Waals surface area contributed by atoms with Crippen molar-refractivity contribution in [2.24, 2.45) is 0 Å². The zero-order valence-electron chi connectivity index (χ0n) is 19.4. The molecule has 0 unspecified atom stereocenters. The number of nitrogens with zero attached hydrogens (tertiary/aromatic N) is 4. The van der Waals surface area contributed by atoms with Crippen molar-refractivity contribution in [2.45, 2.75) is 39.0 Å². The van der Waals surface area contributed by atoms with E-state index in [-0.39, 0.29) is 24.1 Å². The van der Waals surface area contributed by atoms with Crippen LogP contribution in [0.2, 0.25) is 0 Å². The number of benzene rings is 2. The van der Waals surface area contributed by atoms with Gasteiger partial charge in [0.05, 0.1) is 0 Å². The Morgan fingerprint density at radius 2 is 1.62 bits per heavy atom. The summed E-state index contributed by atoms with van der Waals surface area (Å²) in [6.07, 6.45) is 2.80. The predicted octanol–water partition coefficient (Wildman–Crippen LogP) is 3.81. The van der Waals surface area contributed by atoms with Crippen molar-refractivity contribution in [3.05, 3.63) is 71.4 Å². The highest BCUT2D eigenvalue weighted by Gasteiger charge is 2.24. The first-order valence-corrected chi connectivity index (χ1v) is 11.7. The Balaban J connectivity index is 1.18. The van der Waals surface area contributed by atoms with E-state index in [1.54, 1.807) is 24.0 Å². The number of amides is 2. The van der Waals surface area contributed by atoms with Crippen molar-refractivity contribution < 1.29 is 18.5 Å². The Hall–Kier alpha value is -3.55. The van der Waals surface area contributed by atoms with Crippen LogP contribution in [0.15, 0.2) is 53.1 Å². The van der Waals surface area contributed by atoms with Crippen molar-refractivity contribution in [1.82, 2.24) is 19.9 Å². The van der Waals surface area contributed by atoms with Crippen molar-refractivity contribution in [2.75, 3.05) is 26.2 Å². The van der Waals surface area contributed by atoms with E-state index in [0.29, 0.717) is 61.9 Å². The lowest BCUT2D eigenvalue weighted by Crippen LogP contribution is -2.50. The Morgan fingerprint density at radius 3 is 2.29 bits per heavy atom. The molecule has 8 heteroatoms. The fraction of sp³-hybridized carbons (Fsp3) is 0.385. The fourth-order valence-electron chi connectivity index (χ4n) is 4.03. The molecular weight excluding hydrogens is 435 g/mol. The summed E-state index contributed by atoms with van der Waals surface area (Å²) in [6, 6.07) is 14.9. The zero-order chi connectivity index (χ0) is 23.9. The molecule has 178 valence electrons. The van der Waals surface area contributed by atoms with E-state index in [4.69, 9.17) is 4.52 Å². The second kappa shape index (κ2) is 11.0. The van der Waals surface area contributed by atoms with Gasteiger partial charge in [-0.2, -0.15) is 4.98 Å². The molecule has 0 spiro atoms. The maximum absolute atomic E-state index is 13.8. The lowest BCUT2D eigenvalue weighted by molar-refractivity contribution is -0.139. The van der Waals surface area contributed by atoms with Crippen LogP contribution in [0, 0.1) is 12.7 Å². The Bertz CT molecular complexity index is 1120. The van der Waals surface area contributed by atoms with Gasteiger partial charge in [0.25, 0.3) is 0 Å². The van der Waals surface area contributed by atoms with Gasteiger partial charge in [-0.1, -0.05) is 47.6 Å². The van der Waals surface area contributed by atoms with Crippen LogP contribution in [0.5, 0.6) is 0 Å². The summed E-state index contributed by atoms with van der Waals surface area (Å²) >= 11 is 0. The highest BCUT2D eigenvalue weighted by Crippen LogP contribution is 2.19. The van der Waals surface area contributed by atoms with Crippen molar-refractivity contribution in [3.8, 4) is 11.4 Å². The molecule has 0 N–H and O–H groups in total. The summed E-state index contributed by atoms with van der Waals surface area (Å²) in [7, 11) is 0. The summed E-state index contributed by atoms with van der Waals surface area (Å²) < 4.78 is 19.0. The number of carbonyl (C=O) groups excluding carboxylic acids is 2. The number of piperazine rings is 1. The second-order valence-corrected chi connectivity index (χ2v) is 8.58. The molecule has 2 amide bonds. The van der Waals surface area contributed by atoms with Gasteiger partial charge in [-0.15, -0.1) is 0 Å². The first-order valence-electron chi connectivity index (χ1n) is 11.7. The lowest BCUT2D eigenvalue weighted by Gasteiger charge is -2.35. The maximum Gasteiger partial charge on any atom is 0.227 e. The second-order valence-electron chi connectivity index (χ2n) is 8.58. The molecule has 1 aliphatic rings. The summed E-state index contributed by atoms with van der Waals surface area (Å²) in [6.45, 7) is 3.86. The van der Waals surface area contributed by atoms with E-state index >= 15 is 0 Å². The molecule has 1 aliphatic heterocycles. The zero-order valence-corrected chi connectivity index (χ0v) is 19.4. The molecule has 0 bridgehead atoms. The van der Waals surface area contributed by atoms with Gasteiger partial charge in [0.1, 0.15) is 5.82 Å². The first-order chi connectivity index (χ1) is 16.5. The number of hydrogen-bond acceptors (Lipinski definition) is 5. The van der Waals surface area contributed by atoms with Gasteiger partial charge in [-0.25, -0.2) is 4.39 Å². The molecule has 2 heterocycles. The normalized spacial score (nSPS) is 13.8.